The van der Waals surface area contributed by atoms with Crippen molar-refractivity contribution < 1.29 is 4.11 Å². The van der Waals surface area contributed by atoms with Gasteiger partial charge in [-0.15, -0.1) is 0 Å². The average molecular weight is 640 g/mol. The molecule has 234 valence electrons. The highest BCUT2D eigenvalue weighted by atomic mass is 15.0. The van der Waals surface area contributed by atoms with Crippen LogP contribution in [0.15, 0.2) is 194 Å². The molecule has 50 heavy (non-hydrogen) atoms. The van der Waals surface area contributed by atoms with Crippen molar-refractivity contribution in [3.63, 3.8) is 0 Å². The zero-order valence-corrected chi connectivity index (χ0v) is 27.1. The number of aromatic nitrogens is 2. The molecule has 10 rings (SSSR count). The lowest BCUT2D eigenvalue weighted by molar-refractivity contribution is 1.18. The van der Waals surface area contributed by atoms with Crippen LogP contribution >= 0.6 is 0 Å². The summed E-state index contributed by atoms with van der Waals surface area (Å²) >= 11 is 0. The number of rotatable bonds is 5. The normalized spacial score (nSPS) is 12.4. The fourth-order valence-corrected chi connectivity index (χ4v) is 7.53. The van der Waals surface area contributed by atoms with Crippen molar-refractivity contribution in [1.29, 1.82) is 0 Å². The molecule has 0 atom stereocenters. The molecule has 2 heteroatoms. The van der Waals surface area contributed by atoms with Crippen molar-refractivity contribution in [3.8, 4) is 44.8 Å². The molecule has 0 fully saturated rings. The van der Waals surface area contributed by atoms with Gasteiger partial charge in [0.05, 0.1) is 31.9 Å². The van der Waals surface area contributed by atoms with Crippen molar-refractivity contribution in [2.45, 2.75) is 0 Å². The van der Waals surface area contributed by atoms with E-state index in [1.165, 1.54) is 0 Å². The van der Waals surface area contributed by atoms with Crippen molar-refractivity contribution in [2.75, 3.05) is 0 Å². The van der Waals surface area contributed by atoms with E-state index in [0.717, 1.165) is 71.9 Å². The molecular weight excluding hydrogens is 605 g/mol. The molecule has 10 aromatic rings. The summed E-state index contributed by atoms with van der Waals surface area (Å²) in [6.07, 6.45) is 0. The highest BCUT2D eigenvalue weighted by Crippen LogP contribution is 2.41. The van der Waals surface area contributed by atoms with Crippen LogP contribution in [0.1, 0.15) is 4.11 Å². The second kappa shape index (κ2) is 11.5. The van der Waals surface area contributed by atoms with Gasteiger partial charge in [-0.1, -0.05) is 133 Å². The second-order valence-electron chi connectivity index (χ2n) is 12.7. The SMILES string of the molecule is [2H]c1c(-c2ccc3c(c2)c2cc(-c4ccccc4)ccc2n3-c2ccccc2-c2ccccc2)c([2H])c2c3ccccc3n(-c3ccccc3)c2c1[2H]. The third kappa shape index (κ3) is 4.50. The van der Waals surface area contributed by atoms with Crippen LogP contribution < -0.4 is 0 Å². The maximum atomic E-state index is 9.73. The average Bonchev–Trinajstić information content (AvgIpc) is 3.74. The Labute approximate surface area is 294 Å². The maximum absolute atomic E-state index is 9.73. The highest BCUT2D eigenvalue weighted by molar-refractivity contribution is 6.13. The fourth-order valence-electron chi connectivity index (χ4n) is 7.53. The van der Waals surface area contributed by atoms with Crippen molar-refractivity contribution in [3.05, 3.63) is 194 Å². The lowest BCUT2D eigenvalue weighted by Crippen LogP contribution is -1.97. The molecule has 0 saturated heterocycles. The van der Waals surface area contributed by atoms with Crippen LogP contribution in [0.4, 0.5) is 0 Å². The summed E-state index contributed by atoms with van der Waals surface area (Å²) in [4.78, 5) is 0. The fraction of sp³-hybridized carbons (Fsp3) is 0. The predicted octanol–water partition coefficient (Wildman–Crippen LogP) is 12.9. The molecule has 2 aromatic heterocycles. The van der Waals surface area contributed by atoms with E-state index in [-0.39, 0.29) is 18.1 Å². The summed E-state index contributed by atoms with van der Waals surface area (Å²) in [5.41, 5.74) is 11.3. The first-order chi connectivity index (χ1) is 26.1. The monoisotopic (exact) mass is 639 g/mol. The van der Waals surface area contributed by atoms with Gasteiger partial charge in [0.2, 0.25) is 0 Å². The number of para-hydroxylation sites is 3. The van der Waals surface area contributed by atoms with E-state index in [0.29, 0.717) is 16.5 Å². The second-order valence-corrected chi connectivity index (χ2v) is 12.7. The van der Waals surface area contributed by atoms with Crippen LogP contribution in [-0.4, -0.2) is 9.13 Å². The molecule has 0 bridgehead atoms. The van der Waals surface area contributed by atoms with Crippen LogP contribution in [0, 0.1) is 0 Å². The zero-order valence-electron chi connectivity index (χ0n) is 30.1. The molecule has 0 aliphatic carbocycles. The van der Waals surface area contributed by atoms with E-state index in [9.17, 15) is 4.11 Å². The Morgan fingerprint density at radius 1 is 0.340 bits per heavy atom. The third-order valence-electron chi connectivity index (χ3n) is 9.84. The van der Waals surface area contributed by atoms with Crippen LogP contribution in [-0.2, 0) is 0 Å². The van der Waals surface area contributed by atoms with Crippen LogP contribution in [0.2, 0.25) is 0 Å². The summed E-state index contributed by atoms with van der Waals surface area (Å²) in [6, 6.07) is 60.7. The van der Waals surface area contributed by atoms with Gasteiger partial charge in [0, 0.05) is 32.8 Å². The standard InChI is InChI=1S/C48H32N2/c1-4-14-33(15-5-1)35-24-28-47-42(30-35)43-32-37(26-29-48(43)50(47)44-22-12-10-20-39(44)34-16-6-2-7-17-34)36-25-27-46-41(31-36)40-21-11-13-23-45(40)49(46)38-18-8-3-9-19-38/h1-32H/i25D,27D,31D. The van der Waals surface area contributed by atoms with Gasteiger partial charge < -0.3 is 9.13 Å². The smallest absolute Gasteiger partial charge is 0.0645 e. The molecule has 0 N–H and O–H groups in total. The third-order valence-corrected chi connectivity index (χ3v) is 9.84. The lowest BCUT2D eigenvalue weighted by Gasteiger charge is -2.14. The molecule has 0 radical (unpaired) electrons. The largest absolute Gasteiger partial charge is 0.309 e. The highest BCUT2D eigenvalue weighted by Gasteiger charge is 2.18. The molecule has 0 amide bonds. The molecule has 0 saturated carbocycles. The van der Waals surface area contributed by atoms with E-state index < -0.39 is 0 Å². The summed E-state index contributed by atoms with van der Waals surface area (Å²) < 4.78 is 33.0. The maximum Gasteiger partial charge on any atom is 0.0645 e. The summed E-state index contributed by atoms with van der Waals surface area (Å²) in [6.45, 7) is 0. The number of nitrogens with zero attached hydrogens (tertiary/aromatic N) is 2. The topological polar surface area (TPSA) is 9.86 Å². The van der Waals surface area contributed by atoms with Gasteiger partial charge in [0.1, 0.15) is 0 Å². The van der Waals surface area contributed by atoms with Crippen LogP contribution in [0.3, 0.4) is 0 Å². The number of hydrogen-bond acceptors (Lipinski definition) is 0. The molecular formula is C48H32N2. The molecule has 0 spiro atoms. The molecule has 0 aliphatic heterocycles. The van der Waals surface area contributed by atoms with E-state index in [4.69, 9.17) is 0 Å². The Morgan fingerprint density at radius 2 is 0.900 bits per heavy atom. The van der Waals surface area contributed by atoms with Gasteiger partial charge in [-0.3, -0.25) is 0 Å². The van der Waals surface area contributed by atoms with Crippen molar-refractivity contribution in [1.82, 2.24) is 9.13 Å². The molecule has 2 heterocycles. The minimum absolute atomic E-state index is 0.0463. The number of fused-ring (bicyclic) bond motifs is 6. The molecule has 2 nitrogen and oxygen atoms in total. The van der Waals surface area contributed by atoms with Crippen molar-refractivity contribution in [2.24, 2.45) is 0 Å². The Bertz CT molecular complexity index is 3020. The molecule has 0 aliphatic rings. The quantitative estimate of drug-likeness (QED) is 0.177. The minimum Gasteiger partial charge on any atom is -0.309 e. The predicted molar refractivity (Wildman–Crippen MR) is 211 cm³/mol. The zero-order chi connectivity index (χ0) is 35.6. The van der Waals surface area contributed by atoms with E-state index in [2.05, 4.69) is 108 Å². The van der Waals surface area contributed by atoms with Gasteiger partial charge >= 0.3 is 0 Å². The van der Waals surface area contributed by atoms with E-state index in [1.807, 2.05) is 77.4 Å². The summed E-state index contributed by atoms with van der Waals surface area (Å²) in [7, 11) is 0. The first kappa shape index (κ1) is 25.4. The first-order valence-electron chi connectivity index (χ1n) is 18.5. The van der Waals surface area contributed by atoms with Crippen LogP contribution in [0.5, 0.6) is 0 Å². The Hall–Kier alpha value is -6.64. The summed E-state index contributed by atoms with van der Waals surface area (Å²) in [5, 5.41) is 3.69. The van der Waals surface area contributed by atoms with E-state index >= 15 is 0 Å². The molecule has 0 unspecified atom stereocenters. The Morgan fingerprint density at radius 3 is 1.62 bits per heavy atom. The van der Waals surface area contributed by atoms with E-state index in [1.54, 1.807) is 0 Å². The minimum atomic E-state index is 0.0463. The number of hydrogen-bond donors (Lipinski definition) is 0. The first-order valence-corrected chi connectivity index (χ1v) is 17.0. The summed E-state index contributed by atoms with van der Waals surface area (Å²) in [5.74, 6) is 0. The van der Waals surface area contributed by atoms with Gasteiger partial charge in [0.25, 0.3) is 0 Å². The van der Waals surface area contributed by atoms with Gasteiger partial charge in [-0.25, -0.2) is 0 Å². The van der Waals surface area contributed by atoms with Gasteiger partial charge in [0.15, 0.2) is 0 Å². The van der Waals surface area contributed by atoms with Gasteiger partial charge in [-0.2, -0.15) is 0 Å². The Balaban J connectivity index is 1.27. The van der Waals surface area contributed by atoms with Crippen molar-refractivity contribution >= 4 is 43.6 Å². The van der Waals surface area contributed by atoms with Gasteiger partial charge in [-0.05, 0) is 88.4 Å². The Kier molecular flexibility index (Phi) is 5.84. The number of benzene rings is 8. The van der Waals surface area contributed by atoms with Crippen LogP contribution in [0.25, 0.3) is 88.4 Å². The molecule has 8 aromatic carbocycles. The lowest BCUT2D eigenvalue weighted by atomic mass is 9.99.